The van der Waals surface area contributed by atoms with Gasteiger partial charge in [0.1, 0.15) is 18.1 Å². The van der Waals surface area contributed by atoms with Gasteiger partial charge in [-0.2, -0.15) is 5.10 Å². The summed E-state index contributed by atoms with van der Waals surface area (Å²) in [6.07, 6.45) is 10.0. The van der Waals surface area contributed by atoms with Crippen molar-refractivity contribution in [2.45, 2.75) is 0 Å². The van der Waals surface area contributed by atoms with Crippen LogP contribution < -0.4 is 9.47 Å². The third-order valence-corrected chi connectivity index (χ3v) is 6.07. The average molecular weight is 471 g/mol. The van der Waals surface area contributed by atoms with Crippen LogP contribution in [0.5, 0.6) is 11.5 Å². The van der Waals surface area contributed by atoms with Crippen LogP contribution in [-0.4, -0.2) is 66.6 Å². The van der Waals surface area contributed by atoms with E-state index in [1.165, 1.54) is 5.39 Å². The van der Waals surface area contributed by atoms with Gasteiger partial charge in [-0.15, -0.1) is 0 Å². The predicted octanol–water partition coefficient (Wildman–Crippen LogP) is 4.95. The molecule has 7 nitrogen and oxygen atoms in total. The number of nitrogens with zero attached hydrogens (tertiary/aromatic N) is 2. The number of H-pyrrole nitrogens is 2. The van der Waals surface area contributed by atoms with Gasteiger partial charge in [-0.1, -0.05) is 18.2 Å². The topological polar surface area (TPSA) is 75.4 Å². The molecule has 0 amide bonds. The molecule has 0 spiro atoms. The number of hydrogen-bond donors (Lipinski definition) is 2. The fourth-order valence-corrected chi connectivity index (χ4v) is 4.09. The van der Waals surface area contributed by atoms with Gasteiger partial charge in [0.05, 0.1) is 31.7 Å². The number of ether oxygens (including phenoxy) is 3. The summed E-state index contributed by atoms with van der Waals surface area (Å²) < 4.78 is 16.9. The lowest BCUT2D eigenvalue weighted by atomic mass is 10.1. The summed E-state index contributed by atoms with van der Waals surface area (Å²) >= 11 is 0. The van der Waals surface area contributed by atoms with Gasteiger partial charge in [-0.3, -0.25) is 10.00 Å². The minimum Gasteiger partial charge on any atom is -0.496 e. The van der Waals surface area contributed by atoms with E-state index >= 15 is 0 Å². The number of methoxy groups -OCH3 is 1. The first kappa shape index (κ1) is 23.0. The van der Waals surface area contributed by atoms with Gasteiger partial charge in [0.25, 0.3) is 0 Å². The molecule has 1 aliphatic heterocycles. The molecule has 3 heterocycles. The molecule has 0 saturated carbocycles. The third kappa shape index (κ3) is 6.01. The molecule has 2 aromatic heterocycles. The molecule has 35 heavy (non-hydrogen) atoms. The number of rotatable bonds is 9. The molecular weight excluding hydrogens is 440 g/mol. The first-order valence-corrected chi connectivity index (χ1v) is 11.9. The lowest BCUT2D eigenvalue weighted by molar-refractivity contribution is 0.0322. The summed E-state index contributed by atoms with van der Waals surface area (Å²) in [5, 5.41) is 8.67. The number of morpholine rings is 1. The summed E-state index contributed by atoms with van der Waals surface area (Å²) in [5.41, 5.74) is 5.00. The van der Waals surface area contributed by atoms with Crippen LogP contribution in [-0.2, 0) is 4.74 Å². The van der Waals surface area contributed by atoms with Gasteiger partial charge in [-0.05, 0) is 59.5 Å². The normalized spacial score (nSPS) is 14.9. The van der Waals surface area contributed by atoms with Gasteiger partial charge in [0, 0.05) is 43.0 Å². The van der Waals surface area contributed by atoms with Crippen molar-refractivity contribution in [3.05, 3.63) is 77.2 Å². The molecule has 2 N–H and O–H groups in total. The van der Waals surface area contributed by atoms with Crippen molar-refractivity contribution in [3.63, 3.8) is 0 Å². The summed E-state index contributed by atoms with van der Waals surface area (Å²) in [7, 11) is 1.67. The molecule has 7 heteroatoms. The molecule has 0 radical (unpaired) electrons. The van der Waals surface area contributed by atoms with Gasteiger partial charge >= 0.3 is 0 Å². The lowest BCUT2D eigenvalue weighted by Crippen LogP contribution is -2.38. The average Bonchev–Trinajstić information content (AvgIpc) is 3.56. The van der Waals surface area contributed by atoms with Crippen LogP contribution in [0.4, 0.5) is 0 Å². The monoisotopic (exact) mass is 470 g/mol. The van der Waals surface area contributed by atoms with Crippen molar-refractivity contribution in [1.29, 1.82) is 0 Å². The second-order valence-electron chi connectivity index (χ2n) is 8.45. The molecule has 1 saturated heterocycles. The van der Waals surface area contributed by atoms with Gasteiger partial charge < -0.3 is 19.2 Å². The van der Waals surface area contributed by atoms with E-state index in [2.05, 4.69) is 50.4 Å². The maximum atomic E-state index is 5.94. The molecule has 0 unspecified atom stereocenters. The van der Waals surface area contributed by atoms with Crippen LogP contribution in [0.3, 0.4) is 0 Å². The Bertz CT molecular complexity index is 1310. The quantitative estimate of drug-likeness (QED) is 0.362. The zero-order valence-corrected chi connectivity index (χ0v) is 19.9. The maximum Gasteiger partial charge on any atom is 0.129 e. The highest BCUT2D eigenvalue weighted by atomic mass is 16.5. The molecule has 0 bridgehead atoms. The Kier molecular flexibility index (Phi) is 7.27. The Morgan fingerprint density at radius 1 is 1.00 bits per heavy atom. The number of benzene rings is 2. The maximum absolute atomic E-state index is 5.94. The summed E-state index contributed by atoms with van der Waals surface area (Å²) in [5.74, 6) is 1.57. The zero-order chi connectivity index (χ0) is 23.9. The Morgan fingerprint density at radius 3 is 2.80 bits per heavy atom. The number of aromatic nitrogens is 3. The van der Waals surface area contributed by atoms with E-state index in [9.17, 15) is 0 Å². The number of nitrogens with one attached hydrogen (secondary N) is 2. The van der Waals surface area contributed by atoms with E-state index in [1.54, 1.807) is 7.11 Å². The van der Waals surface area contributed by atoms with Crippen molar-refractivity contribution in [3.8, 4) is 11.5 Å². The van der Waals surface area contributed by atoms with E-state index in [-0.39, 0.29) is 0 Å². The van der Waals surface area contributed by atoms with Crippen molar-refractivity contribution < 1.29 is 14.2 Å². The summed E-state index contributed by atoms with van der Waals surface area (Å²) in [6.45, 7) is 5.06. The van der Waals surface area contributed by atoms with Crippen molar-refractivity contribution in [2.24, 2.45) is 0 Å². The van der Waals surface area contributed by atoms with E-state index < -0.39 is 0 Å². The van der Waals surface area contributed by atoms with E-state index in [4.69, 9.17) is 14.2 Å². The van der Waals surface area contributed by atoms with Gasteiger partial charge in [0.15, 0.2) is 0 Å². The predicted molar refractivity (Wildman–Crippen MR) is 140 cm³/mol. The number of fused-ring (bicyclic) bond motifs is 1. The fraction of sp³-hybridized carbons (Fsp3) is 0.250. The molecule has 0 atom stereocenters. The van der Waals surface area contributed by atoms with Crippen molar-refractivity contribution >= 4 is 35.2 Å². The molecule has 5 rings (SSSR count). The van der Waals surface area contributed by atoms with Crippen LogP contribution in [0.1, 0.15) is 22.5 Å². The highest BCUT2D eigenvalue weighted by Gasteiger charge is 2.10. The van der Waals surface area contributed by atoms with Crippen molar-refractivity contribution in [1.82, 2.24) is 20.1 Å². The van der Waals surface area contributed by atoms with Gasteiger partial charge in [-0.25, -0.2) is 0 Å². The molecule has 0 aliphatic carbocycles. The molecule has 4 aromatic rings. The SMILES string of the molecule is COc1cc(OCCN2CCOCC2)ccc1C=Cc1cc(C=Cc2ccc3cc[nH]c3c2)n[nH]1. The standard InChI is InChI=1S/C28H30N4O3/c1-33-28-20-26(35-17-14-32-12-15-34-16-13-32)9-6-23(28)5-8-25-19-24(30-31-25)7-3-21-2-4-22-10-11-29-27(22)18-21/h2-11,18-20,29H,12-17H2,1H3,(H,30,31). The van der Waals surface area contributed by atoms with Crippen molar-refractivity contribution in [2.75, 3.05) is 46.6 Å². The minimum atomic E-state index is 0.641. The summed E-state index contributed by atoms with van der Waals surface area (Å²) in [4.78, 5) is 5.60. The molecule has 1 fully saturated rings. The number of hydrogen-bond acceptors (Lipinski definition) is 5. The highest BCUT2D eigenvalue weighted by Crippen LogP contribution is 2.26. The minimum absolute atomic E-state index is 0.641. The second-order valence-corrected chi connectivity index (χ2v) is 8.45. The largest absolute Gasteiger partial charge is 0.496 e. The molecule has 180 valence electrons. The molecule has 1 aliphatic rings. The second kappa shape index (κ2) is 11.1. The van der Waals surface area contributed by atoms with E-state index in [0.717, 1.165) is 72.4 Å². The first-order chi connectivity index (χ1) is 17.3. The Balaban J connectivity index is 1.19. The van der Waals surface area contributed by atoms with Gasteiger partial charge in [0.2, 0.25) is 0 Å². The first-order valence-electron chi connectivity index (χ1n) is 11.9. The van der Waals surface area contributed by atoms with Crippen LogP contribution in [0.15, 0.2) is 54.7 Å². The van der Waals surface area contributed by atoms with Crippen LogP contribution in [0, 0.1) is 0 Å². The Hall–Kier alpha value is -3.81. The lowest BCUT2D eigenvalue weighted by Gasteiger charge is -2.26. The Labute approximate surface area is 205 Å². The van der Waals surface area contributed by atoms with E-state index in [0.29, 0.717) is 6.61 Å². The number of aromatic amines is 2. The third-order valence-electron chi connectivity index (χ3n) is 6.07. The summed E-state index contributed by atoms with van der Waals surface area (Å²) in [6, 6.07) is 16.3. The molecule has 2 aromatic carbocycles. The highest BCUT2D eigenvalue weighted by molar-refractivity contribution is 5.83. The van der Waals surface area contributed by atoms with E-state index in [1.807, 2.05) is 48.7 Å². The smallest absolute Gasteiger partial charge is 0.129 e. The zero-order valence-electron chi connectivity index (χ0n) is 19.9. The van der Waals surface area contributed by atoms with Crippen LogP contribution in [0.2, 0.25) is 0 Å². The Morgan fingerprint density at radius 2 is 1.91 bits per heavy atom. The molecular formula is C28H30N4O3. The van der Waals surface area contributed by atoms with Crippen LogP contribution in [0.25, 0.3) is 35.2 Å². The van der Waals surface area contributed by atoms with Crippen LogP contribution >= 0.6 is 0 Å². The fourth-order valence-electron chi connectivity index (χ4n) is 4.09.